The number of nitrogens with zero attached hydrogens (tertiary/aromatic N) is 6. The van der Waals surface area contributed by atoms with Gasteiger partial charge in [0.1, 0.15) is 11.2 Å². The van der Waals surface area contributed by atoms with Gasteiger partial charge in [0.15, 0.2) is 17.4 Å². The van der Waals surface area contributed by atoms with Crippen molar-refractivity contribution in [1.29, 1.82) is 0 Å². The molecule has 0 saturated heterocycles. The highest BCUT2D eigenvalue weighted by Crippen LogP contribution is 2.22. The monoisotopic (exact) mass is 739 g/mol. The van der Waals surface area contributed by atoms with Crippen LogP contribution in [0.25, 0.3) is 0 Å². The van der Waals surface area contributed by atoms with E-state index in [-0.39, 0.29) is 55.1 Å². The molecule has 4 rings (SSSR count). The van der Waals surface area contributed by atoms with Gasteiger partial charge in [-0.3, -0.25) is 34.9 Å². The number of aliphatic hydroxyl groups is 2. The molecule has 4 aromatic rings. The van der Waals surface area contributed by atoms with Gasteiger partial charge in [0.2, 0.25) is 0 Å². The standard InChI is InChI=1S/C14H15FN4O4.C12H14BrNO4.C3H3FN2.CH4/c1-9-5-10(3-4-11(9)19(22)23)6-12(20)14(2,21)8-18-7-13(15)16-17-18;1-8-5-9(3-4-10(8)14(17)18)6-11(15)12(2,16)7-13;4-3-1-5-6-2-3;/h3-5,7,21H,6,8H2,1-2H3;3-5,16H,6-7H2,1-2H3;1-2H,(H,5,6);1H4/t14-;12-;;/m00../s1. The molecule has 0 radical (unpaired) electrons. The van der Waals surface area contributed by atoms with Gasteiger partial charge >= 0.3 is 0 Å². The number of benzene rings is 2. The van der Waals surface area contributed by atoms with E-state index in [9.17, 15) is 48.8 Å². The van der Waals surface area contributed by atoms with Crippen molar-refractivity contribution in [2.24, 2.45) is 0 Å². The molecule has 2 aromatic carbocycles. The number of carbonyl (C=O) groups excluding carboxylic acids is 2. The molecule has 18 heteroatoms. The van der Waals surface area contributed by atoms with Crippen molar-refractivity contribution in [3.63, 3.8) is 0 Å². The Labute approximate surface area is 282 Å². The van der Waals surface area contributed by atoms with Gasteiger partial charge in [0.05, 0.1) is 35.0 Å². The van der Waals surface area contributed by atoms with E-state index in [1.807, 2.05) is 0 Å². The van der Waals surface area contributed by atoms with Crippen LogP contribution in [0.5, 0.6) is 0 Å². The number of aryl methyl sites for hydroxylation is 2. The SMILES string of the molecule is C.Cc1cc(CC(=O)[C@@](C)(O)CBr)ccc1[N+](=O)[O-].Cc1cc(CC(=O)[C@@](C)(O)Cn2cc(F)nn2)ccc1[N+](=O)[O-].Fc1cn[nH]c1. The van der Waals surface area contributed by atoms with Crippen LogP contribution in [0.15, 0.2) is 55.0 Å². The average molecular weight is 741 g/mol. The minimum atomic E-state index is -1.77. The molecule has 260 valence electrons. The number of aromatic amines is 1. The fourth-order valence-electron chi connectivity index (χ4n) is 3.88. The molecule has 0 bridgehead atoms. The van der Waals surface area contributed by atoms with E-state index in [1.165, 1.54) is 50.4 Å². The lowest BCUT2D eigenvalue weighted by Crippen LogP contribution is -2.41. The summed E-state index contributed by atoms with van der Waals surface area (Å²) in [5.74, 6) is -1.97. The van der Waals surface area contributed by atoms with Crippen molar-refractivity contribution in [3.05, 3.63) is 109 Å². The van der Waals surface area contributed by atoms with Crippen LogP contribution in [0.4, 0.5) is 20.2 Å². The lowest BCUT2D eigenvalue weighted by atomic mass is 9.94. The minimum absolute atomic E-state index is 0. The Hall–Kier alpha value is -4.81. The number of hydrogen-bond donors (Lipinski definition) is 3. The van der Waals surface area contributed by atoms with Crippen molar-refractivity contribution in [3.8, 4) is 0 Å². The molecule has 3 N–H and O–H groups in total. The quantitative estimate of drug-likeness (QED) is 0.110. The third kappa shape index (κ3) is 12.4. The number of hydrogen-bond acceptors (Lipinski definition) is 11. The van der Waals surface area contributed by atoms with E-state index in [2.05, 4.69) is 36.4 Å². The molecule has 0 aliphatic rings. The predicted molar refractivity (Wildman–Crippen MR) is 173 cm³/mol. The molecule has 2 heterocycles. The van der Waals surface area contributed by atoms with Gasteiger partial charge in [-0.25, -0.2) is 9.07 Å². The van der Waals surface area contributed by atoms with Crippen LogP contribution in [-0.4, -0.2) is 73.3 Å². The molecule has 0 amide bonds. The Morgan fingerprint density at radius 2 is 1.42 bits per heavy atom. The van der Waals surface area contributed by atoms with Crippen LogP contribution < -0.4 is 0 Å². The van der Waals surface area contributed by atoms with Gasteiger partial charge in [-0.1, -0.05) is 45.8 Å². The average Bonchev–Trinajstić information content (AvgIpc) is 3.63. The molecule has 0 saturated carbocycles. The summed E-state index contributed by atoms with van der Waals surface area (Å²) in [6.45, 7) is 5.68. The first kappa shape index (κ1) is 41.2. The maximum atomic E-state index is 12.8. The molecular formula is C30H36BrF2N7O8. The molecule has 2 aromatic heterocycles. The fourth-order valence-corrected chi connectivity index (χ4v) is 4.19. The maximum absolute atomic E-state index is 12.8. The smallest absolute Gasteiger partial charge is 0.272 e. The van der Waals surface area contributed by atoms with Crippen LogP contribution in [0.2, 0.25) is 0 Å². The Morgan fingerprint density at radius 3 is 1.73 bits per heavy atom. The summed E-state index contributed by atoms with van der Waals surface area (Å²) in [5.41, 5.74) is -1.06. The van der Waals surface area contributed by atoms with E-state index in [0.29, 0.717) is 22.3 Å². The second-order valence-corrected chi connectivity index (χ2v) is 11.4. The number of halogens is 3. The number of alkyl halides is 1. The molecule has 0 spiro atoms. The van der Waals surface area contributed by atoms with Crippen molar-refractivity contribution in [2.75, 3.05) is 5.33 Å². The van der Waals surface area contributed by atoms with Gasteiger partial charge in [-0.05, 0) is 51.0 Å². The number of nitrogens with one attached hydrogen (secondary N) is 1. The van der Waals surface area contributed by atoms with Crippen LogP contribution in [-0.2, 0) is 29.0 Å². The lowest BCUT2D eigenvalue weighted by molar-refractivity contribution is -0.385. The predicted octanol–water partition coefficient (Wildman–Crippen LogP) is 4.54. The van der Waals surface area contributed by atoms with Crippen molar-refractivity contribution in [1.82, 2.24) is 25.2 Å². The molecular weight excluding hydrogens is 704 g/mol. The summed E-state index contributed by atoms with van der Waals surface area (Å²) in [6, 6.07) is 8.82. The number of Topliss-reactive ketones (excluding diaryl/α,β-unsaturated/α-hetero) is 2. The van der Waals surface area contributed by atoms with E-state index < -0.39 is 32.8 Å². The van der Waals surface area contributed by atoms with Gasteiger partial charge in [-0.2, -0.15) is 9.49 Å². The molecule has 0 fully saturated rings. The van der Waals surface area contributed by atoms with E-state index in [1.54, 1.807) is 19.9 Å². The Morgan fingerprint density at radius 1 is 0.938 bits per heavy atom. The summed E-state index contributed by atoms with van der Waals surface area (Å²) in [6.07, 6.45) is 3.21. The molecule has 48 heavy (non-hydrogen) atoms. The first-order valence-corrected chi connectivity index (χ1v) is 14.7. The maximum Gasteiger partial charge on any atom is 0.272 e. The highest BCUT2D eigenvalue weighted by atomic mass is 79.9. The number of ketones is 2. The van der Waals surface area contributed by atoms with Crippen molar-refractivity contribution < 1.29 is 38.4 Å². The summed E-state index contributed by atoms with van der Waals surface area (Å²) in [4.78, 5) is 44.5. The van der Waals surface area contributed by atoms with Gasteiger partial charge in [-0.15, -0.1) is 0 Å². The third-order valence-electron chi connectivity index (χ3n) is 6.55. The summed E-state index contributed by atoms with van der Waals surface area (Å²) >= 11 is 3.07. The van der Waals surface area contributed by atoms with Crippen LogP contribution in [0.3, 0.4) is 0 Å². The Bertz CT molecular complexity index is 1710. The largest absolute Gasteiger partial charge is 0.381 e. The molecule has 0 aliphatic carbocycles. The first-order valence-electron chi connectivity index (χ1n) is 13.6. The van der Waals surface area contributed by atoms with Crippen molar-refractivity contribution >= 4 is 38.9 Å². The number of nitro groups is 2. The zero-order chi connectivity index (χ0) is 35.5. The van der Waals surface area contributed by atoms with Gasteiger partial charge < -0.3 is 10.2 Å². The number of carbonyl (C=O) groups is 2. The van der Waals surface area contributed by atoms with Gasteiger partial charge in [0.25, 0.3) is 17.3 Å². The molecule has 0 aliphatic heterocycles. The lowest BCUT2D eigenvalue weighted by Gasteiger charge is -2.21. The second-order valence-electron chi connectivity index (χ2n) is 10.8. The Kier molecular flexibility index (Phi) is 15.4. The zero-order valence-corrected chi connectivity index (χ0v) is 27.3. The summed E-state index contributed by atoms with van der Waals surface area (Å²) in [7, 11) is 0. The minimum Gasteiger partial charge on any atom is -0.381 e. The summed E-state index contributed by atoms with van der Waals surface area (Å²) in [5, 5.41) is 53.8. The Balaban J connectivity index is 0.000000409. The van der Waals surface area contributed by atoms with Crippen LogP contribution >= 0.6 is 15.9 Å². The van der Waals surface area contributed by atoms with E-state index in [4.69, 9.17) is 0 Å². The van der Waals surface area contributed by atoms with Gasteiger partial charge in [0, 0.05) is 41.4 Å². The zero-order valence-electron chi connectivity index (χ0n) is 25.7. The van der Waals surface area contributed by atoms with Crippen molar-refractivity contribution in [2.45, 2.75) is 65.7 Å². The highest BCUT2D eigenvalue weighted by molar-refractivity contribution is 9.09. The van der Waals surface area contributed by atoms with E-state index >= 15 is 0 Å². The highest BCUT2D eigenvalue weighted by Gasteiger charge is 2.31. The van der Waals surface area contributed by atoms with Crippen LogP contribution in [0, 0.1) is 45.8 Å². The normalized spacial score (nSPS) is 12.9. The fraction of sp³-hybridized carbons (Fsp3) is 0.367. The molecule has 15 nitrogen and oxygen atoms in total. The third-order valence-corrected chi connectivity index (χ3v) is 7.64. The van der Waals surface area contributed by atoms with E-state index in [0.717, 1.165) is 17.1 Å². The topological polar surface area (TPSA) is 220 Å². The summed E-state index contributed by atoms with van der Waals surface area (Å²) < 4.78 is 25.4. The van der Waals surface area contributed by atoms with Crippen LogP contribution in [0.1, 0.15) is 43.5 Å². The number of nitro benzene ring substituents is 2. The number of rotatable bonds is 11. The number of aromatic nitrogens is 5. The second kappa shape index (κ2) is 17.9. The first-order chi connectivity index (χ1) is 21.9. The molecule has 0 unspecified atom stereocenters. The number of H-pyrrole nitrogens is 1. The molecule has 2 atom stereocenters.